The second-order valence-corrected chi connectivity index (χ2v) is 4.24. The molecular formula is C9H10N4OS. The third-order valence-electron chi connectivity index (χ3n) is 1.89. The maximum absolute atomic E-state index is 11.9. The van der Waals surface area contributed by atoms with E-state index >= 15 is 0 Å². The van der Waals surface area contributed by atoms with E-state index in [1.54, 1.807) is 18.4 Å². The van der Waals surface area contributed by atoms with E-state index in [-0.39, 0.29) is 5.91 Å². The number of nitrogens with two attached hydrogens (primary N) is 1. The first-order valence-corrected chi connectivity index (χ1v) is 5.25. The molecule has 2 rings (SSSR count). The Morgan fingerprint density at radius 2 is 2.27 bits per heavy atom. The van der Waals surface area contributed by atoms with Crippen molar-refractivity contribution in [2.24, 2.45) is 0 Å². The number of rotatable bonds is 1. The molecule has 0 aliphatic rings. The summed E-state index contributed by atoms with van der Waals surface area (Å²) >= 11 is 1.43. The fourth-order valence-electron chi connectivity index (χ4n) is 1.25. The highest BCUT2D eigenvalue weighted by atomic mass is 32.1. The summed E-state index contributed by atoms with van der Waals surface area (Å²) in [5.41, 5.74) is 6.74. The van der Waals surface area contributed by atoms with Crippen molar-refractivity contribution in [2.75, 3.05) is 5.73 Å². The van der Waals surface area contributed by atoms with Crippen LogP contribution in [0.1, 0.15) is 21.2 Å². The second-order valence-electron chi connectivity index (χ2n) is 3.18. The van der Waals surface area contributed by atoms with Gasteiger partial charge < -0.3 is 5.73 Å². The van der Waals surface area contributed by atoms with Crippen molar-refractivity contribution in [3.05, 3.63) is 27.8 Å². The van der Waals surface area contributed by atoms with E-state index in [9.17, 15) is 4.79 Å². The molecule has 0 saturated carbocycles. The van der Waals surface area contributed by atoms with E-state index in [4.69, 9.17) is 5.73 Å². The summed E-state index contributed by atoms with van der Waals surface area (Å²) in [5.74, 6) is 0.0492. The Labute approximate surface area is 90.6 Å². The van der Waals surface area contributed by atoms with Crippen molar-refractivity contribution in [3.8, 4) is 0 Å². The Balaban J connectivity index is 2.40. The standard InChI is InChI=1S/C9H10N4OS/c1-5-3-8(10)13(12-5)9(14)7-4-15-6(2)11-7/h3-4H,10H2,1-2H3. The smallest absolute Gasteiger partial charge is 0.299 e. The molecule has 0 aromatic carbocycles. The third kappa shape index (κ3) is 1.75. The molecule has 0 fully saturated rings. The normalized spacial score (nSPS) is 10.5. The topological polar surface area (TPSA) is 73.8 Å². The average molecular weight is 222 g/mol. The summed E-state index contributed by atoms with van der Waals surface area (Å²) in [4.78, 5) is 15.9. The summed E-state index contributed by atoms with van der Waals surface area (Å²) < 4.78 is 1.17. The zero-order valence-corrected chi connectivity index (χ0v) is 9.21. The van der Waals surface area contributed by atoms with Gasteiger partial charge in [0.05, 0.1) is 10.7 Å². The maximum atomic E-state index is 11.9. The molecule has 5 nitrogen and oxygen atoms in total. The Hall–Kier alpha value is -1.69. The molecule has 2 aromatic rings. The number of hydrogen-bond acceptors (Lipinski definition) is 5. The Morgan fingerprint density at radius 1 is 1.53 bits per heavy atom. The summed E-state index contributed by atoms with van der Waals surface area (Å²) in [7, 11) is 0. The van der Waals surface area contributed by atoms with Gasteiger partial charge in [0, 0.05) is 11.4 Å². The maximum Gasteiger partial charge on any atom is 0.299 e. The molecule has 0 unspecified atom stereocenters. The van der Waals surface area contributed by atoms with Gasteiger partial charge in [-0.25, -0.2) is 4.98 Å². The molecule has 0 spiro atoms. The zero-order valence-electron chi connectivity index (χ0n) is 8.39. The van der Waals surface area contributed by atoms with Crippen LogP contribution in [0.15, 0.2) is 11.4 Å². The number of nitrogen functional groups attached to an aromatic ring is 1. The van der Waals surface area contributed by atoms with Crippen molar-refractivity contribution in [1.82, 2.24) is 14.8 Å². The molecule has 0 amide bonds. The number of nitrogens with zero attached hydrogens (tertiary/aromatic N) is 3. The quantitative estimate of drug-likeness (QED) is 0.787. The van der Waals surface area contributed by atoms with Crippen molar-refractivity contribution < 1.29 is 4.79 Å². The lowest BCUT2D eigenvalue weighted by Gasteiger charge is -1.98. The monoisotopic (exact) mass is 222 g/mol. The van der Waals surface area contributed by atoms with Crippen molar-refractivity contribution >= 4 is 23.1 Å². The molecule has 0 atom stereocenters. The highest BCUT2D eigenvalue weighted by molar-refractivity contribution is 7.09. The largest absolute Gasteiger partial charge is 0.383 e. The minimum Gasteiger partial charge on any atom is -0.383 e. The molecule has 15 heavy (non-hydrogen) atoms. The highest BCUT2D eigenvalue weighted by Gasteiger charge is 2.15. The van der Waals surface area contributed by atoms with Crippen LogP contribution in [-0.2, 0) is 0 Å². The summed E-state index contributed by atoms with van der Waals surface area (Å²) in [6.07, 6.45) is 0. The van der Waals surface area contributed by atoms with Gasteiger partial charge in [0.25, 0.3) is 5.91 Å². The zero-order chi connectivity index (χ0) is 11.0. The van der Waals surface area contributed by atoms with Crippen LogP contribution in [0.5, 0.6) is 0 Å². The molecule has 2 aromatic heterocycles. The van der Waals surface area contributed by atoms with Crippen LogP contribution >= 0.6 is 11.3 Å². The predicted octanol–water partition coefficient (Wildman–Crippen LogP) is 1.23. The highest BCUT2D eigenvalue weighted by Crippen LogP contribution is 2.12. The van der Waals surface area contributed by atoms with Crippen LogP contribution in [-0.4, -0.2) is 20.7 Å². The van der Waals surface area contributed by atoms with Crippen LogP contribution in [0.25, 0.3) is 0 Å². The third-order valence-corrected chi connectivity index (χ3v) is 2.66. The molecule has 0 radical (unpaired) electrons. The van der Waals surface area contributed by atoms with Crippen LogP contribution in [0, 0.1) is 13.8 Å². The fourth-order valence-corrected chi connectivity index (χ4v) is 1.84. The van der Waals surface area contributed by atoms with Gasteiger partial charge in [-0.2, -0.15) is 9.78 Å². The Bertz CT molecular complexity index is 514. The van der Waals surface area contributed by atoms with Gasteiger partial charge in [-0.15, -0.1) is 11.3 Å². The summed E-state index contributed by atoms with van der Waals surface area (Å²) in [6.45, 7) is 3.63. The molecule has 0 saturated heterocycles. The lowest BCUT2D eigenvalue weighted by Crippen LogP contribution is -2.16. The first kappa shape index (κ1) is 9.85. The Kier molecular flexibility index (Phi) is 2.28. The molecule has 0 aliphatic heterocycles. The van der Waals surface area contributed by atoms with E-state index in [1.807, 2.05) is 6.92 Å². The van der Waals surface area contributed by atoms with E-state index in [0.717, 1.165) is 5.01 Å². The number of thiazole rings is 1. The van der Waals surface area contributed by atoms with Gasteiger partial charge >= 0.3 is 0 Å². The van der Waals surface area contributed by atoms with Crippen LogP contribution < -0.4 is 5.73 Å². The van der Waals surface area contributed by atoms with Crippen molar-refractivity contribution in [3.63, 3.8) is 0 Å². The Morgan fingerprint density at radius 3 is 2.73 bits per heavy atom. The van der Waals surface area contributed by atoms with Crippen LogP contribution in [0.2, 0.25) is 0 Å². The number of carbonyl (C=O) groups excluding carboxylic acids is 1. The number of carbonyl (C=O) groups is 1. The average Bonchev–Trinajstić information content (AvgIpc) is 2.71. The molecule has 2 heterocycles. The summed E-state index contributed by atoms with van der Waals surface area (Å²) in [5, 5.41) is 6.55. The molecule has 78 valence electrons. The first-order chi connectivity index (χ1) is 7.08. The number of hydrogen-bond donors (Lipinski definition) is 1. The predicted molar refractivity (Wildman–Crippen MR) is 58.0 cm³/mol. The fraction of sp³-hybridized carbons (Fsp3) is 0.222. The number of aromatic nitrogens is 3. The van der Waals surface area contributed by atoms with E-state index in [1.165, 1.54) is 16.0 Å². The summed E-state index contributed by atoms with van der Waals surface area (Å²) in [6, 6.07) is 1.65. The molecular weight excluding hydrogens is 212 g/mol. The lowest BCUT2D eigenvalue weighted by atomic mass is 10.4. The SMILES string of the molecule is Cc1cc(N)n(C(=O)c2csc(C)n2)n1. The lowest BCUT2D eigenvalue weighted by molar-refractivity contribution is 0.0943. The van der Waals surface area contributed by atoms with Crippen molar-refractivity contribution in [2.45, 2.75) is 13.8 Å². The van der Waals surface area contributed by atoms with E-state index in [2.05, 4.69) is 10.1 Å². The second kappa shape index (κ2) is 3.47. The van der Waals surface area contributed by atoms with E-state index in [0.29, 0.717) is 17.2 Å². The van der Waals surface area contributed by atoms with Gasteiger partial charge in [0.1, 0.15) is 11.5 Å². The van der Waals surface area contributed by atoms with Gasteiger partial charge in [-0.05, 0) is 13.8 Å². The minimum absolute atomic E-state index is 0.287. The van der Waals surface area contributed by atoms with Crippen molar-refractivity contribution in [1.29, 1.82) is 0 Å². The van der Waals surface area contributed by atoms with Gasteiger partial charge in [0.15, 0.2) is 0 Å². The van der Waals surface area contributed by atoms with Crippen LogP contribution in [0.3, 0.4) is 0 Å². The number of anilines is 1. The van der Waals surface area contributed by atoms with Gasteiger partial charge in [-0.3, -0.25) is 4.79 Å². The molecule has 6 heteroatoms. The molecule has 0 aliphatic carbocycles. The van der Waals surface area contributed by atoms with Crippen LogP contribution in [0.4, 0.5) is 5.82 Å². The molecule has 2 N–H and O–H groups in total. The number of aryl methyl sites for hydroxylation is 2. The minimum atomic E-state index is -0.287. The first-order valence-electron chi connectivity index (χ1n) is 4.37. The van der Waals surface area contributed by atoms with Gasteiger partial charge in [-0.1, -0.05) is 0 Å². The van der Waals surface area contributed by atoms with E-state index < -0.39 is 0 Å². The van der Waals surface area contributed by atoms with Gasteiger partial charge in [0.2, 0.25) is 0 Å². The molecule has 0 bridgehead atoms.